The molecule has 1 fully saturated rings. The quantitative estimate of drug-likeness (QED) is 0.509. The molecular weight excluding hydrogens is 420 g/mol. The van der Waals surface area contributed by atoms with Crippen molar-refractivity contribution in [2.75, 3.05) is 18.0 Å². The molecule has 1 aliphatic rings. The summed E-state index contributed by atoms with van der Waals surface area (Å²) in [6, 6.07) is 11.8. The zero-order valence-electron chi connectivity index (χ0n) is 18.1. The van der Waals surface area contributed by atoms with Crippen molar-refractivity contribution in [1.82, 2.24) is 25.5 Å². The number of piperidine rings is 1. The van der Waals surface area contributed by atoms with Crippen molar-refractivity contribution >= 4 is 33.8 Å². The number of nitrogens with one attached hydrogen (secondary N) is 1. The molecule has 1 atom stereocenters. The second-order valence-electron chi connectivity index (χ2n) is 8.04. The largest absolute Gasteiger partial charge is 0.315 e. The SMILES string of the molecule is Cc1nnc(-c2ccc(C(=O)N(c3nccc4cccc(C)c34)[C@@H]3CCCNC3)nc2)s1. The molecule has 8 heteroatoms. The van der Waals surface area contributed by atoms with Crippen LogP contribution in [-0.4, -0.2) is 45.2 Å². The number of aryl methyl sites for hydroxylation is 2. The fourth-order valence-corrected chi connectivity index (χ4v) is 4.92. The van der Waals surface area contributed by atoms with Crippen LogP contribution >= 0.6 is 11.3 Å². The maximum absolute atomic E-state index is 13.8. The van der Waals surface area contributed by atoms with Gasteiger partial charge >= 0.3 is 0 Å². The summed E-state index contributed by atoms with van der Waals surface area (Å²) in [5.74, 6) is 0.562. The number of anilines is 1. The van der Waals surface area contributed by atoms with Crippen LogP contribution in [0, 0.1) is 13.8 Å². The fraction of sp³-hybridized carbons (Fsp3) is 0.292. The molecule has 162 valence electrons. The Morgan fingerprint density at radius 3 is 2.75 bits per heavy atom. The minimum absolute atomic E-state index is 0.0150. The minimum atomic E-state index is -0.137. The van der Waals surface area contributed by atoms with E-state index in [-0.39, 0.29) is 11.9 Å². The van der Waals surface area contributed by atoms with Crippen molar-refractivity contribution < 1.29 is 4.79 Å². The highest BCUT2D eigenvalue weighted by Crippen LogP contribution is 2.31. The lowest BCUT2D eigenvalue weighted by atomic mass is 10.0. The zero-order chi connectivity index (χ0) is 22.1. The third kappa shape index (κ3) is 3.87. The van der Waals surface area contributed by atoms with Gasteiger partial charge in [-0.05, 0) is 62.4 Å². The van der Waals surface area contributed by atoms with Crippen molar-refractivity contribution in [2.45, 2.75) is 32.7 Å². The topological polar surface area (TPSA) is 83.9 Å². The molecule has 1 amide bonds. The molecule has 32 heavy (non-hydrogen) atoms. The van der Waals surface area contributed by atoms with Crippen LogP contribution in [0.5, 0.6) is 0 Å². The molecule has 0 aliphatic carbocycles. The summed E-state index contributed by atoms with van der Waals surface area (Å²) >= 11 is 1.51. The molecule has 0 unspecified atom stereocenters. The van der Waals surface area contributed by atoms with Crippen LogP contribution in [0.25, 0.3) is 21.3 Å². The van der Waals surface area contributed by atoms with E-state index in [1.165, 1.54) is 11.3 Å². The van der Waals surface area contributed by atoms with Gasteiger partial charge in [-0.3, -0.25) is 14.7 Å². The maximum Gasteiger partial charge on any atom is 0.278 e. The second-order valence-corrected chi connectivity index (χ2v) is 9.22. The van der Waals surface area contributed by atoms with E-state index in [2.05, 4.69) is 39.6 Å². The predicted molar refractivity (Wildman–Crippen MR) is 127 cm³/mol. The average Bonchev–Trinajstić information content (AvgIpc) is 3.26. The summed E-state index contributed by atoms with van der Waals surface area (Å²) < 4.78 is 0. The third-order valence-corrected chi connectivity index (χ3v) is 6.71. The number of hydrogen-bond acceptors (Lipinski definition) is 7. The maximum atomic E-state index is 13.8. The van der Waals surface area contributed by atoms with E-state index in [9.17, 15) is 4.79 Å². The zero-order valence-corrected chi connectivity index (χ0v) is 18.9. The van der Waals surface area contributed by atoms with E-state index < -0.39 is 0 Å². The van der Waals surface area contributed by atoms with Gasteiger partial charge in [-0.2, -0.15) is 0 Å². The van der Waals surface area contributed by atoms with Gasteiger partial charge in [-0.1, -0.05) is 29.5 Å². The molecule has 1 saturated heterocycles. The first-order valence-corrected chi connectivity index (χ1v) is 11.6. The van der Waals surface area contributed by atoms with Gasteiger partial charge in [0, 0.05) is 29.9 Å². The first-order valence-electron chi connectivity index (χ1n) is 10.8. The molecule has 0 bridgehead atoms. The number of carbonyl (C=O) groups is 1. The van der Waals surface area contributed by atoms with Crippen LogP contribution in [0.15, 0.2) is 48.8 Å². The Kier molecular flexibility index (Phi) is 5.63. The summed E-state index contributed by atoms with van der Waals surface area (Å²) in [5, 5.41) is 15.5. The Hall–Kier alpha value is -3.23. The Labute approximate surface area is 190 Å². The molecule has 5 rings (SSSR count). The standard InChI is InChI=1S/C24H24N6OS/c1-15-5-3-6-17-10-12-26-22(21(15)17)30(19-7-4-11-25-14-19)24(31)20-9-8-18(13-27-20)23-29-28-16(2)32-23/h3,5-6,8-10,12-13,19,25H,4,7,11,14H2,1-2H3/t19-/m1/s1. The first-order chi connectivity index (χ1) is 15.6. The predicted octanol–water partition coefficient (Wildman–Crippen LogP) is 4.16. The highest BCUT2D eigenvalue weighted by atomic mass is 32.1. The normalized spacial score (nSPS) is 16.2. The van der Waals surface area contributed by atoms with E-state index in [0.29, 0.717) is 11.5 Å². The van der Waals surface area contributed by atoms with Crippen LogP contribution in [-0.2, 0) is 0 Å². The molecule has 1 N–H and O–H groups in total. The highest BCUT2D eigenvalue weighted by Gasteiger charge is 2.31. The van der Waals surface area contributed by atoms with Crippen LogP contribution in [0.2, 0.25) is 0 Å². The second kappa shape index (κ2) is 8.72. The monoisotopic (exact) mass is 444 g/mol. The summed E-state index contributed by atoms with van der Waals surface area (Å²) in [6.45, 7) is 5.68. The molecule has 4 heterocycles. The number of hydrogen-bond donors (Lipinski definition) is 1. The fourth-order valence-electron chi connectivity index (χ4n) is 4.24. The van der Waals surface area contributed by atoms with Crippen LogP contribution < -0.4 is 10.2 Å². The van der Waals surface area contributed by atoms with E-state index in [1.807, 2.05) is 30.0 Å². The van der Waals surface area contributed by atoms with Crippen molar-refractivity contribution in [3.63, 3.8) is 0 Å². The first kappa shape index (κ1) is 20.7. The molecule has 0 radical (unpaired) electrons. The van der Waals surface area contributed by atoms with Gasteiger partial charge in [0.2, 0.25) is 0 Å². The van der Waals surface area contributed by atoms with E-state index in [1.54, 1.807) is 18.5 Å². The van der Waals surface area contributed by atoms with Crippen molar-refractivity contribution in [3.8, 4) is 10.6 Å². The lowest BCUT2D eigenvalue weighted by molar-refractivity contribution is 0.0967. The van der Waals surface area contributed by atoms with Gasteiger partial charge in [0.25, 0.3) is 5.91 Å². The van der Waals surface area contributed by atoms with Gasteiger partial charge in [-0.15, -0.1) is 10.2 Å². The number of pyridine rings is 2. The summed E-state index contributed by atoms with van der Waals surface area (Å²) in [6.07, 6.45) is 5.42. The number of fused-ring (bicyclic) bond motifs is 1. The van der Waals surface area contributed by atoms with Crippen LogP contribution in [0.4, 0.5) is 5.82 Å². The molecule has 0 saturated carbocycles. The number of amides is 1. The van der Waals surface area contributed by atoms with Crippen LogP contribution in [0.1, 0.15) is 33.9 Å². The van der Waals surface area contributed by atoms with E-state index >= 15 is 0 Å². The number of nitrogens with zero attached hydrogens (tertiary/aromatic N) is 5. The van der Waals surface area contributed by atoms with Crippen molar-refractivity contribution in [1.29, 1.82) is 0 Å². The number of rotatable bonds is 4. The Bertz CT molecular complexity index is 1260. The molecular formula is C24H24N6OS. The summed E-state index contributed by atoms with van der Waals surface area (Å²) in [4.78, 5) is 24.9. The summed E-state index contributed by atoms with van der Waals surface area (Å²) in [5.41, 5.74) is 2.35. The number of aromatic nitrogens is 4. The van der Waals surface area contributed by atoms with Gasteiger partial charge in [-0.25, -0.2) is 4.98 Å². The average molecular weight is 445 g/mol. The van der Waals surface area contributed by atoms with Gasteiger partial charge < -0.3 is 5.32 Å². The van der Waals surface area contributed by atoms with Gasteiger partial charge in [0.15, 0.2) is 0 Å². The third-order valence-electron chi connectivity index (χ3n) is 5.82. The lowest BCUT2D eigenvalue weighted by Crippen LogP contribution is -2.49. The lowest BCUT2D eigenvalue weighted by Gasteiger charge is -2.34. The number of benzene rings is 1. The summed E-state index contributed by atoms with van der Waals surface area (Å²) in [7, 11) is 0. The Morgan fingerprint density at radius 1 is 1.12 bits per heavy atom. The molecule has 1 aromatic carbocycles. The van der Waals surface area contributed by atoms with Crippen LogP contribution in [0.3, 0.4) is 0 Å². The minimum Gasteiger partial charge on any atom is -0.315 e. The smallest absolute Gasteiger partial charge is 0.278 e. The van der Waals surface area contributed by atoms with Gasteiger partial charge in [0.05, 0.1) is 6.04 Å². The van der Waals surface area contributed by atoms with E-state index in [4.69, 9.17) is 4.98 Å². The molecule has 3 aromatic heterocycles. The molecule has 7 nitrogen and oxygen atoms in total. The van der Waals surface area contributed by atoms with Crippen molar-refractivity contribution in [2.24, 2.45) is 0 Å². The highest BCUT2D eigenvalue weighted by molar-refractivity contribution is 7.14. The van der Waals surface area contributed by atoms with E-state index in [0.717, 1.165) is 57.8 Å². The molecule has 0 spiro atoms. The Morgan fingerprint density at radius 2 is 2.03 bits per heavy atom. The molecule has 1 aliphatic heterocycles. The van der Waals surface area contributed by atoms with Crippen molar-refractivity contribution in [3.05, 3.63) is 65.1 Å². The molecule has 4 aromatic rings. The van der Waals surface area contributed by atoms with Gasteiger partial charge in [0.1, 0.15) is 21.5 Å². The Balaban J connectivity index is 1.57. The number of carbonyl (C=O) groups excluding carboxylic acids is 1.